The highest BCUT2D eigenvalue weighted by atomic mass is 16.5. The minimum atomic E-state index is -1.25. The van der Waals surface area contributed by atoms with E-state index in [0.717, 1.165) is 0 Å². The lowest BCUT2D eigenvalue weighted by atomic mass is 10.1. The van der Waals surface area contributed by atoms with Gasteiger partial charge in [-0.1, -0.05) is 0 Å². The molecule has 5 heteroatoms. The molecule has 1 heterocycles. The van der Waals surface area contributed by atoms with E-state index in [-0.39, 0.29) is 18.1 Å². The average molecular weight is 228 g/mol. The van der Waals surface area contributed by atoms with Gasteiger partial charge in [-0.2, -0.15) is 0 Å². The van der Waals surface area contributed by atoms with Crippen LogP contribution < -0.4 is 0 Å². The third kappa shape index (κ3) is 2.84. The van der Waals surface area contributed by atoms with E-state index in [1.54, 1.807) is 6.92 Å². The SMILES string of the molecule is CCOCC(C)(O)c1ccc(C(=O)OC)o1. The third-order valence-corrected chi connectivity index (χ3v) is 2.11. The zero-order valence-electron chi connectivity index (χ0n) is 9.65. The van der Waals surface area contributed by atoms with Crippen LogP contribution in [0, 0.1) is 0 Å². The van der Waals surface area contributed by atoms with Gasteiger partial charge < -0.3 is 19.0 Å². The molecule has 16 heavy (non-hydrogen) atoms. The fraction of sp³-hybridized carbons (Fsp3) is 0.545. The summed E-state index contributed by atoms with van der Waals surface area (Å²) in [4.78, 5) is 11.1. The molecule has 0 radical (unpaired) electrons. The number of hydrogen-bond acceptors (Lipinski definition) is 5. The van der Waals surface area contributed by atoms with Crippen molar-refractivity contribution in [2.24, 2.45) is 0 Å². The second-order valence-corrected chi connectivity index (χ2v) is 3.57. The summed E-state index contributed by atoms with van der Waals surface area (Å²) in [5.41, 5.74) is -1.25. The van der Waals surface area contributed by atoms with Gasteiger partial charge in [0.1, 0.15) is 11.4 Å². The number of rotatable bonds is 5. The summed E-state index contributed by atoms with van der Waals surface area (Å²) in [6.07, 6.45) is 0. The van der Waals surface area contributed by atoms with Crippen molar-refractivity contribution >= 4 is 5.97 Å². The quantitative estimate of drug-likeness (QED) is 0.769. The maximum Gasteiger partial charge on any atom is 0.373 e. The second kappa shape index (κ2) is 5.14. The van der Waals surface area contributed by atoms with E-state index < -0.39 is 11.6 Å². The van der Waals surface area contributed by atoms with Gasteiger partial charge in [-0.3, -0.25) is 0 Å². The smallest absolute Gasteiger partial charge is 0.373 e. The maximum absolute atomic E-state index is 11.1. The van der Waals surface area contributed by atoms with E-state index in [1.165, 1.54) is 19.2 Å². The highest BCUT2D eigenvalue weighted by molar-refractivity contribution is 5.86. The van der Waals surface area contributed by atoms with Crippen molar-refractivity contribution in [1.29, 1.82) is 0 Å². The van der Waals surface area contributed by atoms with Crippen LogP contribution in [0.25, 0.3) is 0 Å². The number of esters is 1. The lowest BCUT2D eigenvalue weighted by Crippen LogP contribution is -2.27. The Hall–Kier alpha value is -1.33. The number of furan rings is 1. The highest BCUT2D eigenvalue weighted by Gasteiger charge is 2.28. The molecule has 1 aromatic rings. The summed E-state index contributed by atoms with van der Waals surface area (Å²) in [6.45, 7) is 4.00. The van der Waals surface area contributed by atoms with Crippen LogP contribution in [0.4, 0.5) is 0 Å². The molecule has 0 spiro atoms. The number of aliphatic hydroxyl groups is 1. The lowest BCUT2D eigenvalue weighted by Gasteiger charge is -2.19. The minimum Gasteiger partial charge on any atom is -0.463 e. The van der Waals surface area contributed by atoms with Crippen LogP contribution in [0.1, 0.15) is 30.2 Å². The Morgan fingerprint density at radius 2 is 2.25 bits per heavy atom. The molecule has 0 saturated carbocycles. The van der Waals surface area contributed by atoms with Crippen LogP contribution in [-0.2, 0) is 15.1 Å². The Kier molecular flexibility index (Phi) is 4.09. The van der Waals surface area contributed by atoms with Gasteiger partial charge in [-0.25, -0.2) is 4.79 Å². The van der Waals surface area contributed by atoms with Gasteiger partial charge in [0, 0.05) is 6.61 Å². The van der Waals surface area contributed by atoms with Gasteiger partial charge in [0.2, 0.25) is 5.76 Å². The van der Waals surface area contributed by atoms with Crippen molar-refractivity contribution in [1.82, 2.24) is 0 Å². The number of methoxy groups -OCH3 is 1. The third-order valence-electron chi connectivity index (χ3n) is 2.11. The lowest BCUT2D eigenvalue weighted by molar-refractivity contribution is -0.0484. The molecule has 1 aromatic heterocycles. The monoisotopic (exact) mass is 228 g/mol. The Labute approximate surface area is 94.0 Å². The first-order valence-corrected chi connectivity index (χ1v) is 5.00. The van der Waals surface area contributed by atoms with Crippen LogP contribution in [0.3, 0.4) is 0 Å². The van der Waals surface area contributed by atoms with Gasteiger partial charge in [-0.05, 0) is 26.0 Å². The molecular weight excluding hydrogens is 212 g/mol. The van der Waals surface area contributed by atoms with Crippen molar-refractivity contribution < 1.29 is 23.8 Å². The fourth-order valence-electron chi connectivity index (χ4n) is 1.21. The standard InChI is InChI=1S/C11H16O5/c1-4-15-7-11(2,13)9-6-5-8(16-9)10(12)14-3/h5-6,13H,4,7H2,1-3H3. The number of ether oxygens (including phenoxy) is 2. The Morgan fingerprint density at radius 1 is 1.56 bits per heavy atom. The van der Waals surface area contributed by atoms with Gasteiger partial charge >= 0.3 is 5.97 Å². The summed E-state index contributed by atoms with van der Waals surface area (Å²) >= 11 is 0. The van der Waals surface area contributed by atoms with Gasteiger partial charge in [0.15, 0.2) is 0 Å². The van der Waals surface area contributed by atoms with E-state index in [4.69, 9.17) is 9.15 Å². The molecule has 0 aliphatic carbocycles. The van der Waals surface area contributed by atoms with Crippen LogP contribution in [-0.4, -0.2) is 31.4 Å². The normalized spacial score (nSPS) is 14.5. The number of carbonyl (C=O) groups is 1. The molecule has 1 N–H and O–H groups in total. The molecule has 0 bridgehead atoms. The molecule has 0 aromatic carbocycles. The summed E-state index contributed by atoms with van der Waals surface area (Å²) < 4.78 is 14.8. The first-order valence-electron chi connectivity index (χ1n) is 5.00. The average Bonchev–Trinajstić information content (AvgIpc) is 2.75. The van der Waals surface area contributed by atoms with E-state index in [9.17, 15) is 9.90 Å². The molecule has 1 rings (SSSR count). The van der Waals surface area contributed by atoms with Crippen molar-refractivity contribution in [2.45, 2.75) is 19.4 Å². The van der Waals surface area contributed by atoms with Crippen LogP contribution in [0.15, 0.2) is 16.5 Å². The van der Waals surface area contributed by atoms with Crippen molar-refractivity contribution in [3.8, 4) is 0 Å². The Bertz CT molecular complexity index is 353. The molecule has 90 valence electrons. The zero-order valence-corrected chi connectivity index (χ0v) is 9.65. The molecule has 0 fully saturated rings. The minimum absolute atomic E-state index is 0.0641. The van der Waals surface area contributed by atoms with E-state index in [2.05, 4.69) is 4.74 Å². The van der Waals surface area contributed by atoms with Gasteiger partial charge in [-0.15, -0.1) is 0 Å². The zero-order chi connectivity index (χ0) is 12.2. The fourth-order valence-corrected chi connectivity index (χ4v) is 1.21. The molecular formula is C11H16O5. The van der Waals surface area contributed by atoms with Crippen LogP contribution in [0.5, 0.6) is 0 Å². The van der Waals surface area contributed by atoms with Crippen molar-refractivity contribution in [3.63, 3.8) is 0 Å². The van der Waals surface area contributed by atoms with Crippen molar-refractivity contribution in [2.75, 3.05) is 20.3 Å². The molecule has 5 nitrogen and oxygen atoms in total. The largest absolute Gasteiger partial charge is 0.463 e. The molecule has 0 amide bonds. The maximum atomic E-state index is 11.1. The summed E-state index contributed by atoms with van der Waals surface area (Å²) in [7, 11) is 1.27. The Morgan fingerprint density at radius 3 is 2.81 bits per heavy atom. The topological polar surface area (TPSA) is 68.9 Å². The molecule has 1 atom stereocenters. The van der Waals surface area contributed by atoms with E-state index >= 15 is 0 Å². The number of carbonyl (C=O) groups excluding carboxylic acids is 1. The summed E-state index contributed by atoms with van der Waals surface area (Å²) in [5, 5.41) is 10.0. The first kappa shape index (κ1) is 12.7. The van der Waals surface area contributed by atoms with Crippen LogP contribution in [0.2, 0.25) is 0 Å². The summed E-state index contributed by atoms with van der Waals surface area (Å²) in [6, 6.07) is 2.99. The van der Waals surface area contributed by atoms with Gasteiger partial charge in [0.05, 0.1) is 13.7 Å². The molecule has 0 saturated heterocycles. The van der Waals surface area contributed by atoms with E-state index in [1.807, 2.05) is 6.92 Å². The van der Waals surface area contributed by atoms with Gasteiger partial charge in [0.25, 0.3) is 0 Å². The molecule has 0 aliphatic rings. The predicted molar refractivity (Wildman–Crippen MR) is 56.1 cm³/mol. The number of hydrogen-bond donors (Lipinski definition) is 1. The molecule has 0 aliphatic heterocycles. The summed E-state index contributed by atoms with van der Waals surface area (Å²) in [5.74, 6) is -0.228. The van der Waals surface area contributed by atoms with E-state index in [0.29, 0.717) is 6.61 Å². The second-order valence-electron chi connectivity index (χ2n) is 3.57. The first-order chi connectivity index (χ1) is 7.51. The molecule has 1 unspecified atom stereocenters. The predicted octanol–water partition coefficient (Wildman–Crippen LogP) is 1.31. The highest BCUT2D eigenvalue weighted by Crippen LogP contribution is 2.23. The Balaban J connectivity index is 2.80. The van der Waals surface area contributed by atoms with Crippen molar-refractivity contribution in [3.05, 3.63) is 23.7 Å². The van der Waals surface area contributed by atoms with Crippen LogP contribution >= 0.6 is 0 Å².